The van der Waals surface area contributed by atoms with Gasteiger partial charge in [0.25, 0.3) is 0 Å². The number of nitrogens with one attached hydrogen (secondary N) is 1. The molecule has 2 heteroatoms. The summed E-state index contributed by atoms with van der Waals surface area (Å²) in [5.41, 5.74) is 0. The van der Waals surface area contributed by atoms with Crippen LogP contribution in [0.25, 0.3) is 0 Å². The zero-order chi connectivity index (χ0) is 7.98. The Morgan fingerprint density at radius 3 is 2.80 bits per heavy atom. The number of terminal acetylenes is 1. The minimum absolute atomic E-state index is 0.0617. The van der Waals surface area contributed by atoms with E-state index < -0.39 is 0 Å². The molecule has 2 nitrogen and oxygen atoms in total. The van der Waals surface area contributed by atoms with Crippen LogP contribution in [0.3, 0.4) is 0 Å². The van der Waals surface area contributed by atoms with Crippen molar-refractivity contribution in [3.05, 3.63) is 0 Å². The van der Waals surface area contributed by atoms with Crippen molar-refractivity contribution < 1.29 is 4.79 Å². The van der Waals surface area contributed by atoms with Crippen molar-refractivity contribution in [3.63, 3.8) is 0 Å². The molecule has 0 fully saturated rings. The zero-order valence-corrected chi connectivity index (χ0v) is 6.48. The standard InChI is InChI=1S/C8H13NO/c1-4-5-6-8(10)7(2)9-3/h1,7,9H,5-6H2,2-3H3. The first-order valence-electron chi connectivity index (χ1n) is 3.35. The number of carbonyl (C=O) groups excluding carboxylic acids is 1. The molecular weight excluding hydrogens is 126 g/mol. The van der Waals surface area contributed by atoms with Gasteiger partial charge < -0.3 is 5.32 Å². The van der Waals surface area contributed by atoms with Gasteiger partial charge in [0, 0.05) is 12.8 Å². The van der Waals surface area contributed by atoms with Crippen LogP contribution >= 0.6 is 0 Å². The summed E-state index contributed by atoms with van der Waals surface area (Å²) in [6, 6.07) is -0.0617. The van der Waals surface area contributed by atoms with Gasteiger partial charge in [-0.2, -0.15) is 0 Å². The van der Waals surface area contributed by atoms with Gasteiger partial charge in [-0.15, -0.1) is 12.3 Å². The molecule has 0 aromatic rings. The van der Waals surface area contributed by atoms with Crippen LogP contribution in [0.5, 0.6) is 0 Å². The Balaban J connectivity index is 3.54. The second kappa shape index (κ2) is 5.01. The zero-order valence-electron chi connectivity index (χ0n) is 6.48. The lowest BCUT2D eigenvalue weighted by Crippen LogP contribution is -2.30. The number of ketones is 1. The summed E-state index contributed by atoms with van der Waals surface area (Å²) in [7, 11) is 1.76. The van der Waals surface area contributed by atoms with E-state index in [1.807, 2.05) is 6.92 Å². The van der Waals surface area contributed by atoms with Crippen molar-refractivity contribution >= 4 is 5.78 Å². The molecule has 1 N–H and O–H groups in total. The molecule has 0 rings (SSSR count). The fourth-order valence-corrected chi connectivity index (χ4v) is 0.573. The predicted octanol–water partition coefficient (Wildman–Crippen LogP) is 0.577. The third-order valence-corrected chi connectivity index (χ3v) is 1.43. The quantitative estimate of drug-likeness (QED) is 0.577. The Labute approximate surface area is 62.0 Å². The van der Waals surface area contributed by atoms with E-state index in [0.29, 0.717) is 12.8 Å². The van der Waals surface area contributed by atoms with Crippen molar-refractivity contribution in [2.24, 2.45) is 0 Å². The molecule has 0 aromatic heterocycles. The molecule has 1 atom stereocenters. The Hall–Kier alpha value is -0.810. The van der Waals surface area contributed by atoms with Gasteiger partial charge in [0.1, 0.15) is 5.78 Å². The maximum Gasteiger partial charge on any atom is 0.150 e. The highest BCUT2D eigenvalue weighted by atomic mass is 16.1. The Morgan fingerprint density at radius 2 is 2.40 bits per heavy atom. The van der Waals surface area contributed by atoms with E-state index in [2.05, 4.69) is 11.2 Å². The first-order chi connectivity index (χ1) is 4.72. The third kappa shape index (κ3) is 3.26. The Bertz CT molecular complexity index is 146. The van der Waals surface area contributed by atoms with Gasteiger partial charge in [-0.1, -0.05) is 0 Å². The van der Waals surface area contributed by atoms with E-state index in [1.165, 1.54) is 0 Å². The van der Waals surface area contributed by atoms with Crippen LogP contribution in [-0.4, -0.2) is 18.9 Å². The minimum atomic E-state index is -0.0617. The molecule has 1 unspecified atom stereocenters. The van der Waals surface area contributed by atoms with Gasteiger partial charge in [0.15, 0.2) is 0 Å². The molecule has 0 radical (unpaired) electrons. The normalized spacial score (nSPS) is 12.1. The number of Topliss-reactive ketones (excluding diaryl/α,β-unsaturated/α-hetero) is 1. The maximum atomic E-state index is 11.0. The van der Waals surface area contributed by atoms with Crippen molar-refractivity contribution in [1.82, 2.24) is 5.32 Å². The van der Waals surface area contributed by atoms with Crippen LogP contribution in [0, 0.1) is 12.3 Å². The van der Waals surface area contributed by atoms with Crippen molar-refractivity contribution in [1.29, 1.82) is 0 Å². The van der Waals surface area contributed by atoms with Crippen LogP contribution in [0.4, 0.5) is 0 Å². The fraction of sp³-hybridized carbons (Fsp3) is 0.625. The van der Waals surface area contributed by atoms with Crippen LogP contribution in [0.2, 0.25) is 0 Å². The molecule has 0 bridgehead atoms. The summed E-state index contributed by atoms with van der Waals surface area (Å²) in [6.45, 7) is 1.83. The minimum Gasteiger partial charge on any atom is -0.311 e. The number of likely N-dealkylation sites (N-methyl/N-ethyl adjacent to an activating group) is 1. The molecule has 56 valence electrons. The van der Waals surface area contributed by atoms with E-state index in [-0.39, 0.29) is 11.8 Å². The van der Waals surface area contributed by atoms with E-state index in [0.717, 1.165) is 0 Å². The first kappa shape index (κ1) is 9.19. The molecule has 0 aliphatic heterocycles. The predicted molar refractivity (Wildman–Crippen MR) is 41.6 cm³/mol. The van der Waals surface area contributed by atoms with Gasteiger partial charge in [-0.25, -0.2) is 0 Å². The van der Waals surface area contributed by atoms with Crippen molar-refractivity contribution in [2.45, 2.75) is 25.8 Å². The smallest absolute Gasteiger partial charge is 0.150 e. The van der Waals surface area contributed by atoms with Crippen LogP contribution in [0.15, 0.2) is 0 Å². The molecule has 0 aliphatic rings. The van der Waals surface area contributed by atoms with E-state index in [4.69, 9.17) is 6.42 Å². The Kier molecular flexibility index (Phi) is 4.61. The lowest BCUT2D eigenvalue weighted by Gasteiger charge is -2.05. The summed E-state index contributed by atoms with van der Waals surface area (Å²) in [5.74, 6) is 2.61. The highest BCUT2D eigenvalue weighted by Crippen LogP contribution is 1.93. The monoisotopic (exact) mass is 139 g/mol. The molecule has 0 amide bonds. The highest BCUT2D eigenvalue weighted by Gasteiger charge is 2.07. The third-order valence-electron chi connectivity index (χ3n) is 1.43. The molecule has 0 aromatic carbocycles. The largest absolute Gasteiger partial charge is 0.311 e. The topological polar surface area (TPSA) is 29.1 Å². The van der Waals surface area contributed by atoms with E-state index in [9.17, 15) is 4.79 Å². The summed E-state index contributed by atoms with van der Waals surface area (Å²) < 4.78 is 0. The van der Waals surface area contributed by atoms with Crippen LogP contribution in [0.1, 0.15) is 19.8 Å². The maximum absolute atomic E-state index is 11.0. The molecule has 0 saturated heterocycles. The highest BCUT2D eigenvalue weighted by molar-refractivity contribution is 5.83. The second-order valence-corrected chi connectivity index (χ2v) is 2.18. The van der Waals surface area contributed by atoms with Crippen LogP contribution in [-0.2, 0) is 4.79 Å². The molecule has 0 heterocycles. The molecule has 0 aliphatic carbocycles. The summed E-state index contributed by atoms with van der Waals surface area (Å²) in [6.07, 6.45) is 6.03. The van der Waals surface area contributed by atoms with Crippen LogP contribution < -0.4 is 5.32 Å². The van der Waals surface area contributed by atoms with E-state index in [1.54, 1.807) is 7.05 Å². The first-order valence-corrected chi connectivity index (χ1v) is 3.35. The average molecular weight is 139 g/mol. The van der Waals surface area contributed by atoms with Gasteiger partial charge >= 0.3 is 0 Å². The lowest BCUT2D eigenvalue weighted by molar-refractivity contribution is -0.120. The van der Waals surface area contributed by atoms with Gasteiger partial charge in [-0.3, -0.25) is 4.79 Å². The summed E-state index contributed by atoms with van der Waals surface area (Å²) in [5, 5.41) is 2.86. The fourth-order valence-electron chi connectivity index (χ4n) is 0.573. The van der Waals surface area contributed by atoms with E-state index >= 15 is 0 Å². The number of hydrogen-bond acceptors (Lipinski definition) is 2. The molecule has 0 spiro atoms. The second-order valence-electron chi connectivity index (χ2n) is 2.18. The Morgan fingerprint density at radius 1 is 1.80 bits per heavy atom. The summed E-state index contributed by atoms with van der Waals surface area (Å²) >= 11 is 0. The molecule has 10 heavy (non-hydrogen) atoms. The van der Waals surface area contributed by atoms with Gasteiger partial charge in [-0.05, 0) is 14.0 Å². The van der Waals surface area contributed by atoms with Gasteiger partial charge in [0.05, 0.1) is 6.04 Å². The summed E-state index contributed by atoms with van der Waals surface area (Å²) in [4.78, 5) is 11.0. The molecule has 0 saturated carbocycles. The SMILES string of the molecule is C#CCCC(=O)C(C)NC. The van der Waals surface area contributed by atoms with Crippen molar-refractivity contribution in [2.75, 3.05) is 7.05 Å². The molecular formula is C8H13NO. The van der Waals surface area contributed by atoms with Crippen molar-refractivity contribution in [3.8, 4) is 12.3 Å². The average Bonchev–Trinajstić information content (AvgIpc) is 1.98. The number of carbonyl (C=O) groups is 1. The number of rotatable bonds is 4. The number of hydrogen-bond donors (Lipinski definition) is 1. The lowest BCUT2D eigenvalue weighted by atomic mass is 10.1. The van der Waals surface area contributed by atoms with Gasteiger partial charge in [0.2, 0.25) is 0 Å².